The topological polar surface area (TPSA) is 9.86 Å². The second kappa shape index (κ2) is 11.3. The molecule has 2 nitrogen and oxygen atoms in total. The SMILES string of the molecule is [2H]c1c(-c2ccccc2)c([2H])c2c([2H])c(-n3c4c([2H])c([2H])c([2H])c([2H])c4c4c5c6c([2H])c([2H])c([2H])c([2H])c6n(-c6c([2H])c([2H])c7c(-c8ccccc8)c([2H])c([2H])c([2H])c7c6[2H])c5c([2H])c([2H])c43)c([2H])c([2H])c2c1[2H]. The van der Waals surface area contributed by atoms with Crippen molar-refractivity contribution in [1.82, 2.24) is 9.13 Å². The summed E-state index contributed by atoms with van der Waals surface area (Å²) in [6, 6.07) is 0.148. The Kier molecular flexibility index (Phi) is 3.21. The van der Waals surface area contributed by atoms with Crippen LogP contribution in [0.25, 0.3) is 98.8 Å². The molecule has 0 amide bonds. The van der Waals surface area contributed by atoms with Crippen molar-refractivity contribution in [3.8, 4) is 33.6 Å². The van der Waals surface area contributed by atoms with Crippen molar-refractivity contribution in [3.05, 3.63) is 194 Å². The first kappa shape index (κ1) is 14.8. The molecular weight excluding hydrogens is 629 g/mol. The Hall–Kier alpha value is -6.90. The van der Waals surface area contributed by atoms with Crippen LogP contribution in [0, 0.1) is 0 Å². The van der Waals surface area contributed by atoms with Gasteiger partial charge in [0.25, 0.3) is 0 Å². The minimum absolute atomic E-state index is 0.0393. The fourth-order valence-electron chi connectivity index (χ4n) is 6.84. The summed E-state index contributed by atoms with van der Waals surface area (Å²) in [4.78, 5) is 0. The second-order valence-corrected chi connectivity index (χ2v) is 12.0. The normalized spacial score (nSPS) is 17.8. The number of nitrogens with zero attached hydrogens (tertiary/aromatic N) is 2. The highest BCUT2D eigenvalue weighted by Crippen LogP contribution is 2.43. The van der Waals surface area contributed by atoms with Crippen molar-refractivity contribution in [1.29, 1.82) is 0 Å². The lowest BCUT2D eigenvalue weighted by atomic mass is 9.98. The monoisotopic (exact) mass is 682 g/mol. The van der Waals surface area contributed by atoms with Gasteiger partial charge in [0.1, 0.15) is 0 Å². The first-order valence-corrected chi connectivity index (χ1v) is 16.2. The van der Waals surface area contributed by atoms with Gasteiger partial charge in [-0.25, -0.2) is 0 Å². The average Bonchev–Trinajstić information content (AvgIpc) is 3.94. The maximum Gasteiger partial charge on any atom is 0.0651 e. The summed E-state index contributed by atoms with van der Waals surface area (Å²) in [5, 5.41) is -3.09. The molecule has 0 aliphatic heterocycles. The summed E-state index contributed by atoms with van der Waals surface area (Å²) in [5.41, 5.74) is -2.84. The quantitative estimate of drug-likeness (QED) is 0.175. The van der Waals surface area contributed by atoms with E-state index in [1.807, 2.05) is 0 Å². The molecule has 9 aromatic carbocycles. The second-order valence-electron chi connectivity index (χ2n) is 12.0. The molecule has 0 aliphatic rings. The average molecular weight is 683 g/mol. The lowest BCUT2D eigenvalue weighted by Gasteiger charge is -2.12. The number of benzene rings is 9. The lowest BCUT2D eigenvalue weighted by molar-refractivity contribution is 1.18. The third-order valence-corrected chi connectivity index (χ3v) is 9.11. The summed E-state index contributed by atoms with van der Waals surface area (Å²) in [6.45, 7) is 0. The number of rotatable bonds is 4. The van der Waals surface area contributed by atoms with Gasteiger partial charge >= 0.3 is 0 Å². The Bertz CT molecular complexity index is 4290. The fraction of sp³-hybridized carbons (Fsp3) is 0. The van der Waals surface area contributed by atoms with E-state index in [2.05, 4.69) is 0 Å². The largest absolute Gasteiger partial charge is 0.309 e. The van der Waals surface area contributed by atoms with Gasteiger partial charge < -0.3 is 9.13 Å². The molecule has 2 heteroatoms. The summed E-state index contributed by atoms with van der Waals surface area (Å²) < 4.78 is 206. The van der Waals surface area contributed by atoms with Gasteiger partial charge in [-0.05, 0) is 98.2 Å². The molecule has 0 atom stereocenters. The van der Waals surface area contributed by atoms with E-state index < -0.39 is 193 Å². The molecule has 0 saturated heterocycles. The van der Waals surface area contributed by atoms with Crippen molar-refractivity contribution in [2.45, 2.75) is 0 Å². The van der Waals surface area contributed by atoms with Crippen molar-refractivity contribution < 1.29 is 30.2 Å². The molecule has 242 valence electrons. The van der Waals surface area contributed by atoms with Crippen molar-refractivity contribution in [2.24, 2.45) is 0 Å². The smallest absolute Gasteiger partial charge is 0.0651 e. The maximum atomic E-state index is 9.89. The first-order valence-electron chi connectivity index (χ1n) is 27.2. The Labute approximate surface area is 331 Å². The van der Waals surface area contributed by atoms with Crippen molar-refractivity contribution in [2.75, 3.05) is 0 Å². The van der Waals surface area contributed by atoms with E-state index >= 15 is 0 Å². The van der Waals surface area contributed by atoms with Gasteiger partial charge in [0.2, 0.25) is 0 Å². The summed E-state index contributed by atoms with van der Waals surface area (Å²) in [5.74, 6) is 0. The van der Waals surface area contributed by atoms with Gasteiger partial charge in [0.15, 0.2) is 0 Å². The molecule has 0 aliphatic carbocycles. The zero-order valence-corrected chi connectivity index (χ0v) is 26.7. The van der Waals surface area contributed by atoms with Crippen LogP contribution in [0.2, 0.25) is 0 Å². The van der Waals surface area contributed by atoms with Crippen LogP contribution in [-0.2, 0) is 0 Å². The van der Waals surface area contributed by atoms with Crippen LogP contribution in [0.15, 0.2) is 194 Å². The molecule has 0 bridgehead atoms. The summed E-state index contributed by atoms with van der Waals surface area (Å²) in [7, 11) is 0. The van der Waals surface area contributed by atoms with Crippen molar-refractivity contribution in [3.63, 3.8) is 0 Å². The van der Waals surface area contributed by atoms with E-state index in [0.29, 0.717) is 11.1 Å². The Morgan fingerprint density at radius 3 is 1.60 bits per heavy atom. The fourth-order valence-corrected chi connectivity index (χ4v) is 6.84. The van der Waals surface area contributed by atoms with Crippen LogP contribution < -0.4 is 0 Å². The van der Waals surface area contributed by atoms with Gasteiger partial charge in [-0.2, -0.15) is 0 Å². The lowest BCUT2D eigenvalue weighted by Crippen LogP contribution is -1.95. The van der Waals surface area contributed by atoms with Gasteiger partial charge in [-0.15, -0.1) is 0 Å². The third kappa shape index (κ3) is 4.31. The molecule has 52 heavy (non-hydrogen) atoms. The summed E-state index contributed by atoms with van der Waals surface area (Å²) >= 11 is 0. The minimum atomic E-state index is -0.853. The van der Waals surface area contributed by atoms with Gasteiger partial charge in [-0.3, -0.25) is 0 Å². The highest BCUT2D eigenvalue weighted by Gasteiger charge is 2.21. The van der Waals surface area contributed by atoms with E-state index in [1.165, 1.54) is 0 Å². The predicted octanol–water partition coefficient (Wildman–Crippen LogP) is 13.5. The zero-order chi connectivity index (χ0) is 53.3. The number of fused-ring (bicyclic) bond motifs is 9. The highest BCUT2D eigenvalue weighted by atomic mass is 15.0. The molecule has 0 N–H and O–H groups in total. The van der Waals surface area contributed by atoms with Crippen LogP contribution in [0.3, 0.4) is 0 Å². The van der Waals surface area contributed by atoms with E-state index in [1.54, 1.807) is 60.7 Å². The molecule has 0 spiro atoms. The zero-order valence-electron chi connectivity index (χ0n) is 48.7. The third-order valence-electron chi connectivity index (χ3n) is 9.11. The van der Waals surface area contributed by atoms with Crippen LogP contribution in [-0.4, -0.2) is 9.13 Å². The van der Waals surface area contributed by atoms with E-state index in [9.17, 15) is 17.8 Å². The molecule has 0 fully saturated rings. The van der Waals surface area contributed by atoms with Crippen LogP contribution in [0.4, 0.5) is 0 Å². The van der Waals surface area contributed by atoms with Gasteiger partial charge in [0, 0.05) is 32.9 Å². The molecule has 11 aromatic rings. The number of hydrogen-bond donors (Lipinski definition) is 0. The Morgan fingerprint density at radius 2 is 0.923 bits per heavy atom. The van der Waals surface area contributed by atoms with E-state index in [0.717, 1.165) is 9.13 Å². The molecular formula is C50H32N2. The van der Waals surface area contributed by atoms with E-state index in [-0.39, 0.29) is 27.3 Å². The van der Waals surface area contributed by atoms with Crippen molar-refractivity contribution >= 4 is 65.2 Å². The standard InChI is InChI=1S/C50H32N2/c1-3-12-33(13-4-1)36-23-22-34-24-25-39(32-38(34)30-36)51-45-20-9-7-17-43(45)49-47(51)28-29-48-50(49)44-18-8-10-21-46(44)52(48)40-26-27-42-37(31-40)16-11-19-41(42)35-14-5-2-6-15-35/h1-32H/i7D,8D,9D,10D,11D,16D,17D,18D,19D,20D,21D,22D,23D,24D,25D,26D,27D,28D,29D,30D,31D,32D. The molecule has 0 saturated carbocycles. The number of para-hydroxylation sites is 2. The highest BCUT2D eigenvalue weighted by molar-refractivity contribution is 6.29. The van der Waals surface area contributed by atoms with Crippen LogP contribution >= 0.6 is 0 Å². The molecule has 2 aromatic heterocycles. The Balaban J connectivity index is 1.42. The molecule has 0 radical (unpaired) electrons. The molecule has 2 heterocycles. The minimum Gasteiger partial charge on any atom is -0.309 e. The Morgan fingerprint density at radius 1 is 0.346 bits per heavy atom. The first-order chi connectivity index (χ1) is 35.0. The van der Waals surface area contributed by atoms with Crippen LogP contribution in [0.1, 0.15) is 30.2 Å². The number of hydrogen-bond acceptors (Lipinski definition) is 0. The molecule has 11 rings (SSSR count). The predicted molar refractivity (Wildman–Crippen MR) is 221 cm³/mol. The van der Waals surface area contributed by atoms with E-state index in [4.69, 9.17) is 12.3 Å². The number of aromatic nitrogens is 2. The molecule has 0 unspecified atom stereocenters. The van der Waals surface area contributed by atoms with Crippen LogP contribution in [0.5, 0.6) is 0 Å². The van der Waals surface area contributed by atoms with Gasteiger partial charge in [0.05, 0.1) is 52.2 Å². The van der Waals surface area contributed by atoms with Gasteiger partial charge in [-0.1, -0.05) is 139 Å². The summed E-state index contributed by atoms with van der Waals surface area (Å²) in [6.07, 6.45) is 0. The maximum absolute atomic E-state index is 9.89.